The van der Waals surface area contributed by atoms with Gasteiger partial charge in [0.1, 0.15) is 5.49 Å². The first kappa shape index (κ1) is 19.0. The molecule has 3 rings (SSSR count). The zero-order chi connectivity index (χ0) is 18.0. The van der Waals surface area contributed by atoms with Crippen LogP contribution in [0.4, 0.5) is 0 Å². The highest BCUT2D eigenvalue weighted by Gasteiger charge is 2.20. The van der Waals surface area contributed by atoms with Crippen molar-refractivity contribution in [3.8, 4) is 11.1 Å². The fourth-order valence-electron chi connectivity index (χ4n) is 2.31. The molecule has 1 unspecified atom stereocenters. The summed E-state index contributed by atoms with van der Waals surface area (Å²) in [7, 11) is -3.60. The third kappa shape index (κ3) is 4.67. The van der Waals surface area contributed by atoms with Gasteiger partial charge >= 0.3 is 7.60 Å². The first-order chi connectivity index (χ1) is 11.9. The number of benzene rings is 2. The van der Waals surface area contributed by atoms with Crippen LogP contribution in [-0.4, -0.2) is 27.0 Å². The number of fused-ring (bicyclic) bond motifs is 1. The molecule has 1 atom stereocenters. The van der Waals surface area contributed by atoms with Crippen LogP contribution in [0.25, 0.3) is 22.2 Å². The lowest BCUT2D eigenvalue weighted by molar-refractivity contribution is 0.278. The van der Waals surface area contributed by atoms with Gasteiger partial charge in [0.25, 0.3) is 0 Å². The molecule has 2 aromatic carbocycles. The average molecular weight is 462 g/mol. The van der Waals surface area contributed by atoms with E-state index in [1.165, 1.54) is 0 Å². The molecule has 0 amide bonds. The molecule has 2 N–H and O–H groups in total. The van der Waals surface area contributed by atoms with E-state index in [9.17, 15) is 9.46 Å². The van der Waals surface area contributed by atoms with Gasteiger partial charge in [-0.1, -0.05) is 51.4 Å². The van der Waals surface area contributed by atoms with E-state index in [2.05, 4.69) is 25.9 Å². The lowest BCUT2D eigenvalue weighted by Crippen LogP contribution is -1.91. The van der Waals surface area contributed by atoms with Crippen LogP contribution in [-0.2, 0) is 9.09 Å². The van der Waals surface area contributed by atoms with Gasteiger partial charge in [-0.2, -0.15) is 0 Å². The van der Waals surface area contributed by atoms with E-state index in [1.807, 2.05) is 36.4 Å². The summed E-state index contributed by atoms with van der Waals surface area (Å²) in [5, 5.41) is 1.16. The molecule has 0 fully saturated rings. The second-order valence-electron chi connectivity index (χ2n) is 5.23. The smallest absolute Gasteiger partial charge is 0.333 e. The molecule has 25 heavy (non-hydrogen) atoms. The normalized spacial score (nSPS) is 13.9. The molecule has 0 radical (unpaired) electrons. The zero-order valence-electron chi connectivity index (χ0n) is 13.2. The number of H-pyrrole nitrogens is 1. The van der Waals surface area contributed by atoms with Crippen LogP contribution < -0.4 is 0 Å². The minimum Gasteiger partial charge on any atom is -0.333 e. The Morgan fingerprint density at radius 3 is 2.76 bits per heavy atom. The molecule has 5 nitrogen and oxygen atoms in total. The van der Waals surface area contributed by atoms with Gasteiger partial charge in [0, 0.05) is 10.0 Å². The van der Waals surface area contributed by atoms with Crippen molar-refractivity contribution in [2.75, 3.05) is 12.1 Å². The van der Waals surface area contributed by atoms with Crippen LogP contribution >= 0.6 is 46.9 Å². The Morgan fingerprint density at radius 1 is 1.36 bits per heavy atom. The Morgan fingerprint density at radius 2 is 2.08 bits per heavy atom. The quantitative estimate of drug-likeness (QED) is 0.352. The number of nitrogens with zero attached hydrogens (tertiary/aromatic N) is 1. The fourth-order valence-corrected chi connectivity index (χ4v) is 5.03. The molecular formula is C16H15BrClN2O3PS. The molecule has 0 spiro atoms. The average Bonchev–Trinajstić information content (AvgIpc) is 2.95. The number of hydrogen-bond donors (Lipinski definition) is 2. The highest BCUT2D eigenvalue weighted by Crippen LogP contribution is 2.46. The molecule has 0 saturated heterocycles. The number of aromatic nitrogens is 2. The number of aromatic amines is 1. The molecule has 132 valence electrons. The summed E-state index contributed by atoms with van der Waals surface area (Å²) in [4.78, 5) is 17.2. The molecule has 0 aliphatic rings. The van der Waals surface area contributed by atoms with Crippen molar-refractivity contribution in [2.24, 2.45) is 0 Å². The minimum absolute atomic E-state index is 0.0615. The van der Waals surface area contributed by atoms with Crippen molar-refractivity contribution >= 4 is 57.9 Å². The molecule has 3 aromatic rings. The highest BCUT2D eigenvalue weighted by molar-refractivity contribution is 9.10. The summed E-state index contributed by atoms with van der Waals surface area (Å²) in [6.07, 6.45) is 0. The summed E-state index contributed by atoms with van der Waals surface area (Å²) in [6, 6.07) is 11.6. The number of hydrogen-bond acceptors (Lipinski definition) is 4. The van der Waals surface area contributed by atoms with E-state index in [4.69, 9.17) is 16.1 Å². The van der Waals surface area contributed by atoms with Crippen LogP contribution in [0.2, 0.25) is 5.02 Å². The van der Waals surface area contributed by atoms with Crippen molar-refractivity contribution in [3.05, 3.63) is 45.9 Å². The van der Waals surface area contributed by atoms with Crippen molar-refractivity contribution in [3.63, 3.8) is 0 Å². The van der Waals surface area contributed by atoms with E-state index in [0.29, 0.717) is 10.2 Å². The minimum atomic E-state index is -3.60. The third-order valence-electron chi connectivity index (χ3n) is 3.40. The second-order valence-corrected chi connectivity index (χ2v) is 9.79. The van der Waals surface area contributed by atoms with Crippen LogP contribution in [0.15, 0.2) is 46.0 Å². The van der Waals surface area contributed by atoms with Gasteiger partial charge in [0.05, 0.1) is 22.7 Å². The number of thioether (sulfide) groups is 1. The van der Waals surface area contributed by atoms with E-state index < -0.39 is 7.60 Å². The maximum atomic E-state index is 11.8. The molecule has 0 bridgehead atoms. The summed E-state index contributed by atoms with van der Waals surface area (Å²) >= 11 is 11.0. The summed E-state index contributed by atoms with van der Waals surface area (Å²) < 4.78 is 17.6. The van der Waals surface area contributed by atoms with Crippen molar-refractivity contribution in [1.29, 1.82) is 0 Å². The summed E-state index contributed by atoms with van der Waals surface area (Å²) in [5.74, 6) is 0. The van der Waals surface area contributed by atoms with Gasteiger partial charge in [0.15, 0.2) is 5.16 Å². The first-order valence-corrected chi connectivity index (χ1v) is 11.3. The van der Waals surface area contributed by atoms with Crippen molar-refractivity contribution in [2.45, 2.75) is 12.1 Å². The lowest BCUT2D eigenvalue weighted by Gasteiger charge is -2.08. The first-order valence-electron chi connectivity index (χ1n) is 7.42. The van der Waals surface area contributed by atoms with Gasteiger partial charge in [-0.15, -0.1) is 0 Å². The molecule has 0 aliphatic heterocycles. The van der Waals surface area contributed by atoms with Gasteiger partial charge in [0.2, 0.25) is 0 Å². The highest BCUT2D eigenvalue weighted by atomic mass is 79.9. The van der Waals surface area contributed by atoms with Crippen LogP contribution in [0.3, 0.4) is 0 Å². The standard InChI is InChI=1S/C16H15BrClN2O3PS/c1-2-23-24(21,22)9-25-16-19-14-7-12(13(18)8-15(14)20-16)10-3-5-11(17)6-4-10/h3-8H,2,9H2,1H3,(H,19,20)(H,21,22). The number of imidazole rings is 1. The summed E-state index contributed by atoms with van der Waals surface area (Å²) in [6.45, 7) is 1.88. The lowest BCUT2D eigenvalue weighted by atomic mass is 10.1. The Bertz CT molecular complexity index is 948. The zero-order valence-corrected chi connectivity index (χ0v) is 17.3. The van der Waals surface area contributed by atoms with Crippen LogP contribution in [0.1, 0.15) is 6.92 Å². The van der Waals surface area contributed by atoms with E-state index >= 15 is 0 Å². The van der Waals surface area contributed by atoms with Crippen LogP contribution in [0, 0.1) is 0 Å². The fraction of sp³-hybridized carbons (Fsp3) is 0.188. The Labute approximate surface area is 162 Å². The van der Waals surface area contributed by atoms with Gasteiger partial charge in [-0.05, 0) is 36.8 Å². The maximum Gasteiger partial charge on any atom is 0.338 e. The van der Waals surface area contributed by atoms with E-state index in [1.54, 1.807) is 6.92 Å². The molecule has 0 saturated carbocycles. The summed E-state index contributed by atoms with van der Waals surface area (Å²) in [5.41, 5.74) is 3.33. The second kappa shape index (κ2) is 7.82. The van der Waals surface area contributed by atoms with Gasteiger partial charge in [-0.25, -0.2) is 4.98 Å². The molecule has 1 heterocycles. The van der Waals surface area contributed by atoms with E-state index in [0.717, 1.165) is 38.4 Å². The number of nitrogens with one attached hydrogen (secondary N) is 1. The number of halogens is 2. The van der Waals surface area contributed by atoms with Crippen LogP contribution in [0.5, 0.6) is 0 Å². The monoisotopic (exact) mass is 460 g/mol. The molecule has 9 heteroatoms. The van der Waals surface area contributed by atoms with Gasteiger partial charge in [-0.3, -0.25) is 4.57 Å². The Balaban J connectivity index is 1.88. The predicted octanol–water partition coefficient (Wildman–Crippen LogP) is 5.92. The topological polar surface area (TPSA) is 75.2 Å². The van der Waals surface area contributed by atoms with E-state index in [-0.39, 0.29) is 12.1 Å². The Kier molecular flexibility index (Phi) is 5.93. The van der Waals surface area contributed by atoms with Gasteiger partial charge < -0.3 is 14.4 Å². The van der Waals surface area contributed by atoms with Crippen molar-refractivity contribution in [1.82, 2.24) is 9.97 Å². The third-order valence-corrected chi connectivity index (χ3v) is 7.19. The Hall–Kier alpha value is -0.820. The largest absolute Gasteiger partial charge is 0.338 e. The maximum absolute atomic E-state index is 11.8. The SMILES string of the molecule is CCOP(=O)(O)CSc1nc2cc(-c3ccc(Br)cc3)c(Cl)cc2[nH]1. The predicted molar refractivity (Wildman–Crippen MR) is 106 cm³/mol. The molecule has 1 aromatic heterocycles. The number of rotatable bonds is 6. The van der Waals surface area contributed by atoms with Crippen molar-refractivity contribution < 1.29 is 14.0 Å². The molecule has 0 aliphatic carbocycles. The molecular weight excluding hydrogens is 447 g/mol.